The summed E-state index contributed by atoms with van der Waals surface area (Å²) in [4.78, 5) is 23.2. The van der Waals surface area contributed by atoms with Crippen LogP contribution in [-0.4, -0.2) is 23.6 Å². The summed E-state index contributed by atoms with van der Waals surface area (Å²) in [5.74, 6) is -1.72. The Bertz CT molecular complexity index is 655. The first-order chi connectivity index (χ1) is 10.0. The maximum atomic E-state index is 12.9. The van der Waals surface area contributed by atoms with Crippen LogP contribution in [0.1, 0.15) is 10.4 Å². The number of hydrogen-bond donors (Lipinski definition) is 2. The molecular weight excluding hydrogens is 277 g/mol. The lowest BCUT2D eigenvalue weighted by molar-refractivity contribution is -0.119. The first kappa shape index (κ1) is 14.5. The van der Waals surface area contributed by atoms with Crippen LogP contribution < -0.4 is 5.32 Å². The Labute approximate surface area is 120 Å². The topological polar surface area (TPSA) is 75.6 Å². The van der Waals surface area contributed by atoms with Gasteiger partial charge in [-0.15, -0.1) is 0 Å². The summed E-state index contributed by atoms with van der Waals surface area (Å²) in [7, 11) is 0. The molecule has 0 aliphatic heterocycles. The number of benzene rings is 2. The zero-order valence-corrected chi connectivity index (χ0v) is 10.9. The molecule has 5 nitrogen and oxygen atoms in total. The van der Waals surface area contributed by atoms with Crippen LogP contribution in [0.3, 0.4) is 0 Å². The van der Waals surface area contributed by atoms with Crippen molar-refractivity contribution in [2.75, 3.05) is 11.9 Å². The van der Waals surface area contributed by atoms with Crippen LogP contribution in [0.25, 0.3) is 0 Å². The fraction of sp³-hybridized carbons (Fsp3) is 0.0667. The van der Waals surface area contributed by atoms with Crippen molar-refractivity contribution in [2.24, 2.45) is 0 Å². The number of amides is 1. The third-order valence-electron chi connectivity index (χ3n) is 2.55. The lowest BCUT2D eigenvalue weighted by Gasteiger charge is -2.06. The summed E-state index contributed by atoms with van der Waals surface area (Å²) >= 11 is 0. The van der Waals surface area contributed by atoms with Gasteiger partial charge in [0, 0.05) is 5.69 Å². The summed E-state index contributed by atoms with van der Waals surface area (Å²) in [6.45, 7) is -0.490. The molecule has 2 N–H and O–H groups in total. The molecular formula is C15H12FNO4. The van der Waals surface area contributed by atoms with Crippen molar-refractivity contribution >= 4 is 17.6 Å². The number of rotatable bonds is 4. The maximum absolute atomic E-state index is 12.9. The predicted molar refractivity (Wildman–Crippen MR) is 73.4 cm³/mol. The van der Waals surface area contributed by atoms with Gasteiger partial charge in [-0.1, -0.05) is 6.07 Å². The monoisotopic (exact) mass is 289 g/mol. The van der Waals surface area contributed by atoms with E-state index in [1.165, 1.54) is 42.5 Å². The highest BCUT2D eigenvalue weighted by atomic mass is 19.1. The van der Waals surface area contributed by atoms with E-state index in [0.29, 0.717) is 0 Å². The molecule has 0 aliphatic rings. The van der Waals surface area contributed by atoms with Gasteiger partial charge in [0.2, 0.25) is 0 Å². The standard InChI is InChI=1S/C15H12FNO4/c16-11-2-1-3-12(8-11)17-14(19)9-21-15(20)10-4-6-13(18)7-5-10/h1-8,18H,9H2,(H,17,19). The van der Waals surface area contributed by atoms with E-state index in [9.17, 15) is 14.0 Å². The van der Waals surface area contributed by atoms with Crippen molar-refractivity contribution in [3.05, 3.63) is 59.9 Å². The van der Waals surface area contributed by atoms with Gasteiger partial charge in [-0.2, -0.15) is 0 Å². The van der Waals surface area contributed by atoms with Crippen molar-refractivity contribution in [3.8, 4) is 5.75 Å². The third-order valence-corrected chi connectivity index (χ3v) is 2.55. The molecule has 0 bridgehead atoms. The van der Waals surface area contributed by atoms with E-state index < -0.39 is 24.3 Å². The number of phenolic OH excluding ortho intramolecular Hbond substituents is 1. The van der Waals surface area contributed by atoms with E-state index in [-0.39, 0.29) is 17.0 Å². The molecule has 0 spiro atoms. The lowest BCUT2D eigenvalue weighted by Crippen LogP contribution is -2.20. The van der Waals surface area contributed by atoms with Crippen LogP contribution in [0.2, 0.25) is 0 Å². The minimum atomic E-state index is -0.690. The summed E-state index contributed by atoms with van der Waals surface area (Å²) in [5.41, 5.74) is 0.493. The first-order valence-electron chi connectivity index (χ1n) is 6.06. The van der Waals surface area contributed by atoms with E-state index in [1.54, 1.807) is 0 Å². The average molecular weight is 289 g/mol. The molecule has 0 saturated carbocycles. The van der Waals surface area contributed by atoms with Gasteiger partial charge in [-0.3, -0.25) is 4.79 Å². The normalized spacial score (nSPS) is 9.95. The van der Waals surface area contributed by atoms with Gasteiger partial charge in [0.25, 0.3) is 5.91 Å². The van der Waals surface area contributed by atoms with E-state index in [0.717, 1.165) is 6.07 Å². The van der Waals surface area contributed by atoms with Gasteiger partial charge in [-0.25, -0.2) is 9.18 Å². The lowest BCUT2D eigenvalue weighted by atomic mass is 10.2. The molecule has 2 rings (SSSR count). The number of halogens is 1. The van der Waals surface area contributed by atoms with Gasteiger partial charge in [0.05, 0.1) is 5.56 Å². The second kappa shape index (κ2) is 6.51. The highest BCUT2D eigenvalue weighted by Crippen LogP contribution is 2.11. The molecule has 0 heterocycles. The number of anilines is 1. The van der Waals surface area contributed by atoms with Gasteiger partial charge in [0.1, 0.15) is 11.6 Å². The third kappa shape index (κ3) is 4.31. The Morgan fingerprint density at radius 3 is 2.52 bits per heavy atom. The Hall–Kier alpha value is -2.89. The van der Waals surface area contributed by atoms with Crippen molar-refractivity contribution in [1.29, 1.82) is 0 Å². The van der Waals surface area contributed by atoms with Gasteiger partial charge >= 0.3 is 5.97 Å². The van der Waals surface area contributed by atoms with E-state index in [2.05, 4.69) is 5.32 Å². The number of esters is 1. The number of ether oxygens (including phenoxy) is 1. The Balaban J connectivity index is 1.86. The molecule has 0 saturated heterocycles. The SMILES string of the molecule is O=C(COC(=O)c1ccc(O)cc1)Nc1cccc(F)c1. The maximum Gasteiger partial charge on any atom is 0.338 e. The fourth-order valence-corrected chi connectivity index (χ4v) is 1.58. The van der Waals surface area contributed by atoms with Crippen LogP contribution in [0, 0.1) is 5.82 Å². The summed E-state index contributed by atoms with van der Waals surface area (Å²) < 4.78 is 17.7. The number of carbonyl (C=O) groups is 2. The summed E-state index contributed by atoms with van der Waals surface area (Å²) in [5, 5.41) is 11.5. The molecule has 0 aromatic heterocycles. The molecule has 108 valence electrons. The molecule has 0 fully saturated rings. The molecule has 21 heavy (non-hydrogen) atoms. The van der Waals surface area contributed by atoms with E-state index in [4.69, 9.17) is 9.84 Å². The molecule has 2 aromatic carbocycles. The quantitative estimate of drug-likeness (QED) is 0.847. The Morgan fingerprint density at radius 2 is 1.86 bits per heavy atom. The molecule has 0 aliphatic carbocycles. The fourth-order valence-electron chi connectivity index (χ4n) is 1.58. The summed E-state index contributed by atoms with van der Waals surface area (Å²) in [6.07, 6.45) is 0. The van der Waals surface area contributed by atoms with Crippen LogP contribution >= 0.6 is 0 Å². The molecule has 0 unspecified atom stereocenters. The second-order valence-corrected chi connectivity index (χ2v) is 4.18. The molecule has 2 aromatic rings. The van der Waals surface area contributed by atoms with Gasteiger partial charge < -0.3 is 15.2 Å². The molecule has 0 atom stereocenters. The van der Waals surface area contributed by atoms with E-state index in [1.807, 2.05) is 0 Å². The van der Waals surface area contributed by atoms with Crippen LogP contribution in [-0.2, 0) is 9.53 Å². The second-order valence-electron chi connectivity index (χ2n) is 4.18. The molecule has 1 amide bonds. The number of carbonyl (C=O) groups excluding carboxylic acids is 2. The zero-order valence-electron chi connectivity index (χ0n) is 10.9. The molecule has 6 heteroatoms. The molecule has 0 radical (unpaired) electrons. The Morgan fingerprint density at radius 1 is 1.14 bits per heavy atom. The van der Waals surface area contributed by atoms with Crippen LogP contribution in [0.4, 0.5) is 10.1 Å². The van der Waals surface area contributed by atoms with Crippen molar-refractivity contribution in [1.82, 2.24) is 0 Å². The van der Waals surface area contributed by atoms with Crippen molar-refractivity contribution < 1.29 is 23.8 Å². The number of aromatic hydroxyl groups is 1. The average Bonchev–Trinajstić information content (AvgIpc) is 2.45. The predicted octanol–water partition coefficient (Wildman–Crippen LogP) is 2.33. The van der Waals surface area contributed by atoms with E-state index >= 15 is 0 Å². The zero-order chi connectivity index (χ0) is 15.2. The summed E-state index contributed by atoms with van der Waals surface area (Å²) in [6, 6.07) is 10.8. The largest absolute Gasteiger partial charge is 0.508 e. The number of hydrogen-bond acceptors (Lipinski definition) is 4. The highest BCUT2D eigenvalue weighted by molar-refractivity contribution is 5.95. The van der Waals surface area contributed by atoms with Crippen molar-refractivity contribution in [2.45, 2.75) is 0 Å². The minimum Gasteiger partial charge on any atom is -0.508 e. The smallest absolute Gasteiger partial charge is 0.338 e. The van der Waals surface area contributed by atoms with Gasteiger partial charge in [0.15, 0.2) is 6.61 Å². The highest BCUT2D eigenvalue weighted by Gasteiger charge is 2.10. The number of phenols is 1. The number of nitrogens with one attached hydrogen (secondary N) is 1. The Kier molecular flexibility index (Phi) is 4.50. The minimum absolute atomic E-state index is 0.0235. The van der Waals surface area contributed by atoms with Gasteiger partial charge in [-0.05, 0) is 42.5 Å². The van der Waals surface area contributed by atoms with Crippen LogP contribution in [0.5, 0.6) is 5.75 Å². The first-order valence-corrected chi connectivity index (χ1v) is 6.06. The van der Waals surface area contributed by atoms with Crippen LogP contribution in [0.15, 0.2) is 48.5 Å². The van der Waals surface area contributed by atoms with Crippen molar-refractivity contribution in [3.63, 3.8) is 0 Å².